The molecule has 0 bridgehead atoms. The lowest BCUT2D eigenvalue weighted by atomic mass is 10.2. The molecule has 0 saturated carbocycles. The molecule has 2 fully saturated rings. The fourth-order valence-corrected chi connectivity index (χ4v) is 6.49. The number of hydrogen-bond acceptors (Lipinski definition) is 10. The number of ether oxygens (including phenoxy) is 2. The highest BCUT2D eigenvalue weighted by Crippen LogP contribution is 2.41. The van der Waals surface area contributed by atoms with Gasteiger partial charge in [-0.05, 0) is 63.7 Å². The Bertz CT molecular complexity index is 1290. The molecule has 1 N–H and O–H groups in total. The molecule has 10 nitrogen and oxygen atoms in total. The molecule has 0 amide bonds. The van der Waals surface area contributed by atoms with Gasteiger partial charge in [-0.25, -0.2) is 9.97 Å². The van der Waals surface area contributed by atoms with E-state index in [9.17, 15) is 26.7 Å². The summed E-state index contributed by atoms with van der Waals surface area (Å²) < 4.78 is 76.9. The Labute approximate surface area is 237 Å². The first-order chi connectivity index (χ1) is 17.4. The zero-order valence-corrected chi connectivity index (χ0v) is 24.1. The number of halogens is 5. The fourth-order valence-electron chi connectivity index (χ4n) is 4.77. The molecule has 0 unspecified atom stereocenters. The Morgan fingerprint density at radius 3 is 2.00 bits per heavy atom. The summed E-state index contributed by atoms with van der Waals surface area (Å²) in [7, 11) is -5.60. The van der Waals surface area contributed by atoms with Crippen molar-refractivity contribution in [2.24, 2.45) is 0 Å². The van der Waals surface area contributed by atoms with Gasteiger partial charge in [0, 0.05) is 31.9 Å². The fraction of sp³-hybridized carbons (Fsp3) is 0.524. The zero-order valence-electron chi connectivity index (χ0n) is 18.9. The maximum atomic E-state index is 12.4. The van der Waals surface area contributed by atoms with Crippen LogP contribution in [0.3, 0.4) is 0 Å². The van der Waals surface area contributed by atoms with Gasteiger partial charge < -0.3 is 24.4 Å². The Balaban J connectivity index is 0.000000162. The first-order valence-corrected chi connectivity index (χ1v) is 14.8. The van der Waals surface area contributed by atoms with Crippen molar-refractivity contribution in [2.75, 3.05) is 36.1 Å². The van der Waals surface area contributed by atoms with Crippen LogP contribution in [0, 0.1) is 7.14 Å². The summed E-state index contributed by atoms with van der Waals surface area (Å²) >= 11 is 4.32. The van der Waals surface area contributed by atoms with E-state index in [1.54, 1.807) is 23.4 Å². The van der Waals surface area contributed by atoms with Crippen LogP contribution in [-0.2, 0) is 14.3 Å². The summed E-state index contributed by atoms with van der Waals surface area (Å²) in [6.45, 7) is 1.60. The molecule has 202 valence electrons. The standard InChI is InChI=1S/C11H10F3IN2O4S.C10H11IN2O2/c12-11(13,14)22(18,19)21-7-3-6-5-20-9-8(15)1-2-16-10(9)17(6)4-7;11-8-1-2-12-10-9(8)15-5-6-3-7(14)4-13(6)10/h1-2,6-7H,3-5H2;1-2,6-7,14H,3-5H2/t2*6-,7+/m00/s1. The number of alkyl halides is 3. The van der Waals surface area contributed by atoms with Gasteiger partial charge >= 0.3 is 15.6 Å². The van der Waals surface area contributed by atoms with E-state index in [1.165, 1.54) is 0 Å². The monoisotopic (exact) mass is 768 g/mol. The average molecular weight is 768 g/mol. The van der Waals surface area contributed by atoms with Gasteiger partial charge in [0.25, 0.3) is 0 Å². The summed E-state index contributed by atoms with van der Waals surface area (Å²) in [6.07, 6.45) is 2.94. The molecule has 37 heavy (non-hydrogen) atoms. The van der Waals surface area contributed by atoms with E-state index in [0.717, 1.165) is 25.1 Å². The number of aliphatic hydroxyl groups is 1. The normalized spacial score (nSPS) is 26.1. The Morgan fingerprint density at radius 1 is 0.946 bits per heavy atom. The van der Waals surface area contributed by atoms with Gasteiger partial charge in [0.2, 0.25) is 0 Å². The van der Waals surface area contributed by atoms with Crippen molar-refractivity contribution in [3.63, 3.8) is 0 Å². The minimum atomic E-state index is -5.60. The van der Waals surface area contributed by atoms with Gasteiger partial charge in [-0.3, -0.25) is 4.18 Å². The molecule has 0 aromatic carbocycles. The SMILES string of the molecule is O=S(=O)(O[C@@H]1C[C@H]2COc3c(I)ccnc3N2C1)C(F)(F)F.O[C@@H]1C[C@H]2COc3c(I)ccnc3N2C1. The van der Waals surface area contributed by atoms with Crippen molar-refractivity contribution in [2.45, 2.75) is 42.6 Å². The predicted molar refractivity (Wildman–Crippen MR) is 142 cm³/mol. The molecule has 2 saturated heterocycles. The van der Waals surface area contributed by atoms with Crippen LogP contribution in [-0.4, -0.2) is 79.6 Å². The lowest BCUT2D eigenvalue weighted by Crippen LogP contribution is -2.39. The molecule has 6 heterocycles. The highest BCUT2D eigenvalue weighted by molar-refractivity contribution is 14.1. The van der Waals surface area contributed by atoms with Crippen LogP contribution in [0.25, 0.3) is 0 Å². The minimum absolute atomic E-state index is 0.0173. The van der Waals surface area contributed by atoms with Gasteiger partial charge in [-0.15, -0.1) is 0 Å². The molecule has 2 aromatic heterocycles. The maximum absolute atomic E-state index is 12.4. The third kappa shape index (κ3) is 5.40. The van der Waals surface area contributed by atoms with Gasteiger partial charge in [0.15, 0.2) is 23.1 Å². The van der Waals surface area contributed by atoms with Crippen molar-refractivity contribution in [3.05, 3.63) is 31.7 Å². The van der Waals surface area contributed by atoms with Gasteiger partial charge in [0.05, 0.1) is 31.4 Å². The lowest BCUT2D eigenvalue weighted by molar-refractivity contribution is -0.0567. The molecule has 16 heteroatoms. The number of pyridine rings is 2. The zero-order chi connectivity index (χ0) is 26.5. The van der Waals surface area contributed by atoms with E-state index in [4.69, 9.17) is 9.47 Å². The van der Waals surface area contributed by atoms with E-state index in [0.29, 0.717) is 24.7 Å². The minimum Gasteiger partial charge on any atom is -0.486 e. The van der Waals surface area contributed by atoms with Gasteiger partial charge in [-0.1, -0.05) is 0 Å². The Kier molecular flexibility index (Phi) is 7.58. The Morgan fingerprint density at radius 2 is 1.46 bits per heavy atom. The average Bonchev–Trinajstić information content (AvgIpc) is 3.41. The van der Waals surface area contributed by atoms with Crippen molar-refractivity contribution in [1.29, 1.82) is 0 Å². The van der Waals surface area contributed by atoms with Crippen LogP contribution in [0.15, 0.2) is 24.5 Å². The van der Waals surface area contributed by atoms with Gasteiger partial charge in [0.1, 0.15) is 13.2 Å². The second-order valence-electron chi connectivity index (χ2n) is 8.87. The topological polar surface area (TPSA) is 114 Å². The number of fused-ring (bicyclic) bond motifs is 6. The van der Waals surface area contributed by atoms with Crippen LogP contribution >= 0.6 is 45.2 Å². The van der Waals surface area contributed by atoms with Crippen molar-refractivity contribution in [3.8, 4) is 11.5 Å². The quantitative estimate of drug-likeness (QED) is 0.278. The predicted octanol–water partition coefficient (Wildman–Crippen LogP) is 2.91. The first-order valence-electron chi connectivity index (χ1n) is 11.2. The Hall–Kier alpha value is -1.38. The number of anilines is 2. The summed E-state index contributed by atoms with van der Waals surface area (Å²) in [5.41, 5.74) is -5.42. The highest BCUT2D eigenvalue weighted by atomic mass is 127. The first kappa shape index (κ1) is 27.2. The third-order valence-corrected chi connectivity index (χ3v) is 9.17. The van der Waals surface area contributed by atoms with Crippen LogP contribution in [0.4, 0.5) is 24.8 Å². The molecule has 4 aliphatic rings. The second-order valence-corrected chi connectivity index (χ2v) is 12.8. The maximum Gasteiger partial charge on any atom is 0.523 e. The van der Waals surface area contributed by atoms with Crippen molar-refractivity contribution < 1.29 is 40.4 Å². The molecule has 0 radical (unpaired) electrons. The van der Waals surface area contributed by atoms with E-state index in [1.807, 2.05) is 6.07 Å². The smallest absolute Gasteiger partial charge is 0.486 e. The van der Waals surface area contributed by atoms with Crippen LogP contribution < -0.4 is 19.3 Å². The summed E-state index contributed by atoms with van der Waals surface area (Å²) in [6, 6.07) is 3.72. The number of nitrogens with zero attached hydrogens (tertiary/aromatic N) is 4. The molecule has 0 aliphatic carbocycles. The highest BCUT2D eigenvalue weighted by Gasteiger charge is 2.50. The molecule has 4 aliphatic heterocycles. The summed E-state index contributed by atoms with van der Waals surface area (Å²) in [5.74, 6) is 2.80. The van der Waals surface area contributed by atoms with Crippen molar-refractivity contribution >= 4 is 66.9 Å². The largest absolute Gasteiger partial charge is 0.523 e. The summed E-state index contributed by atoms with van der Waals surface area (Å²) in [4.78, 5) is 12.4. The number of aromatic nitrogens is 2. The van der Waals surface area contributed by atoms with Crippen LogP contribution in [0.1, 0.15) is 12.8 Å². The molecule has 2 aromatic rings. The van der Waals surface area contributed by atoms with Crippen LogP contribution in [0.5, 0.6) is 11.5 Å². The summed E-state index contributed by atoms with van der Waals surface area (Å²) in [5, 5.41) is 9.63. The molecular formula is C21H21F3I2N4O6S. The second kappa shape index (κ2) is 10.3. The molecule has 4 atom stereocenters. The van der Waals surface area contributed by atoms with Gasteiger partial charge in [-0.2, -0.15) is 21.6 Å². The molecular weight excluding hydrogens is 747 g/mol. The lowest BCUT2D eigenvalue weighted by Gasteiger charge is -2.32. The number of rotatable bonds is 2. The number of aliphatic hydroxyl groups excluding tert-OH is 1. The number of hydrogen-bond donors (Lipinski definition) is 1. The van der Waals surface area contributed by atoms with E-state index in [2.05, 4.69) is 64.2 Å². The van der Waals surface area contributed by atoms with Crippen LogP contribution in [0.2, 0.25) is 0 Å². The third-order valence-electron chi connectivity index (χ3n) is 6.37. The van der Waals surface area contributed by atoms with Crippen molar-refractivity contribution in [1.82, 2.24) is 9.97 Å². The molecule has 0 spiro atoms. The van der Waals surface area contributed by atoms with E-state index < -0.39 is 21.7 Å². The van der Waals surface area contributed by atoms with E-state index >= 15 is 0 Å². The van der Waals surface area contributed by atoms with E-state index in [-0.39, 0.29) is 37.8 Å². The molecule has 6 rings (SSSR count).